The first kappa shape index (κ1) is 46.0. The zero-order valence-corrected chi connectivity index (χ0v) is 33.4. The van der Waals surface area contributed by atoms with E-state index in [9.17, 15) is 39.9 Å². The predicted molar refractivity (Wildman–Crippen MR) is 211 cm³/mol. The fraction of sp³-hybridized carbons (Fsp3) is 0.238. The fourth-order valence-electron chi connectivity index (χ4n) is 6.35. The standard InChI is InChI=1S/C21H16ClF4N3O.C12H12FN3.C8H6ClF3.CO2/c22-17-11-14(21(24,25)26)4-3-13(17)10-20(30)28-9-1-2-18-19(28)12-27-29(18)16-7-5-15(23)6-8-16;13-9-3-5-10(6-4-9)16-12-2-1-7-14-11(12)8-15-16;1-5-2-3-6(4-7(5)9)8(10,11)12;2-1-3/h3-8,11-12H,1-2,9-10H2;3-6,8,14H,1-2,7H2;2-4H,1H3;. The first-order chi connectivity index (χ1) is 28.9. The second-order valence-corrected chi connectivity index (χ2v) is 14.3. The molecule has 8 rings (SSSR count). The van der Waals surface area contributed by atoms with Crippen LogP contribution in [0.1, 0.15) is 46.5 Å². The first-order valence-corrected chi connectivity index (χ1v) is 19.0. The van der Waals surface area contributed by atoms with Crippen LogP contribution in [0, 0.1) is 18.6 Å². The van der Waals surface area contributed by atoms with Gasteiger partial charge in [-0.05, 0) is 117 Å². The Labute approximate surface area is 353 Å². The molecule has 0 fully saturated rings. The number of anilines is 2. The summed E-state index contributed by atoms with van der Waals surface area (Å²) < 4.78 is 104. The highest BCUT2D eigenvalue weighted by molar-refractivity contribution is 6.31. The van der Waals surface area contributed by atoms with Crippen molar-refractivity contribution < 1.29 is 49.5 Å². The van der Waals surface area contributed by atoms with Crippen LogP contribution in [0.3, 0.4) is 0 Å². The quantitative estimate of drug-likeness (QED) is 0.177. The number of fused-ring (bicyclic) bond motifs is 2. The molecule has 0 aliphatic carbocycles. The number of carbonyl (C=O) groups excluding carboxylic acids is 3. The summed E-state index contributed by atoms with van der Waals surface area (Å²) in [6.45, 7) is 3.13. The van der Waals surface area contributed by atoms with Crippen molar-refractivity contribution in [1.29, 1.82) is 0 Å². The summed E-state index contributed by atoms with van der Waals surface area (Å²) in [7, 11) is 0. The number of carbonyl (C=O) groups is 1. The van der Waals surface area contributed by atoms with E-state index in [2.05, 4.69) is 15.5 Å². The lowest BCUT2D eigenvalue weighted by Crippen LogP contribution is -2.36. The van der Waals surface area contributed by atoms with Crippen LogP contribution in [0.25, 0.3) is 11.4 Å². The van der Waals surface area contributed by atoms with Gasteiger partial charge in [0, 0.05) is 23.1 Å². The SMILES string of the molecule is Cc1ccc(C(F)(F)F)cc1Cl.Fc1ccc(-n2ncc3c2CCCN3)cc1.O=C(Cc1ccc(C(F)(F)F)cc1Cl)N1CCCc2c1cnn2-c1ccc(F)cc1.O=C=O. The van der Waals surface area contributed by atoms with Crippen molar-refractivity contribution in [2.24, 2.45) is 0 Å². The summed E-state index contributed by atoms with van der Waals surface area (Å²) in [4.78, 5) is 30.7. The van der Waals surface area contributed by atoms with Crippen LogP contribution in [-0.4, -0.2) is 44.7 Å². The van der Waals surface area contributed by atoms with Crippen LogP contribution in [0.2, 0.25) is 10.0 Å². The van der Waals surface area contributed by atoms with E-state index in [-0.39, 0.29) is 40.2 Å². The molecule has 61 heavy (non-hydrogen) atoms. The van der Waals surface area contributed by atoms with Gasteiger partial charge in [0.05, 0.1) is 64.1 Å². The Kier molecular flexibility index (Phi) is 15.1. The molecular formula is C42H34Cl2F8N6O3. The molecule has 6 aromatic rings. The van der Waals surface area contributed by atoms with Crippen LogP contribution < -0.4 is 10.2 Å². The molecule has 1 amide bonds. The third kappa shape index (κ3) is 11.8. The van der Waals surface area contributed by atoms with Crippen molar-refractivity contribution in [3.8, 4) is 11.4 Å². The summed E-state index contributed by atoms with van der Waals surface area (Å²) in [5.41, 5.74) is 4.72. The molecule has 2 aromatic heterocycles. The Morgan fingerprint density at radius 3 is 1.77 bits per heavy atom. The molecule has 9 nitrogen and oxygen atoms in total. The number of aryl methyl sites for hydroxylation is 1. The van der Waals surface area contributed by atoms with Gasteiger partial charge in [-0.25, -0.2) is 18.1 Å². The van der Waals surface area contributed by atoms with E-state index in [0.29, 0.717) is 41.9 Å². The summed E-state index contributed by atoms with van der Waals surface area (Å²) in [6, 6.07) is 18.6. The van der Waals surface area contributed by atoms with Crippen molar-refractivity contribution in [2.45, 2.75) is 51.4 Å². The third-order valence-corrected chi connectivity index (χ3v) is 10.1. The lowest BCUT2D eigenvalue weighted by atomic mass is 10.1. The van der Waals surface area contributed by atoms with Gasteiger partial charge in [-0.1, -0.05) is 35.3 Å². The largest absolute Gasteiger partial charge is 0.416 e. The molecule has 4 heterocycles. The number of benzene rings is 4. The number of nitrogens with zero attached hydrogens (tertiary/aromatic N) is 5. The predicted octanol–water partition coefficient (Wildman–Crippen LogP) is 10.7. The summed E-state index contributed by atoms with van der Waals surface area (Å²) in [5, 5.41) is 12.0. The number of aromatic nitrogens is 4. The smallest absolute Gasteiger partial charge is 0.382 e. The molecular weight excluding hydrogens is 859 g/mol. The topological polar surface area (TPSA) is 102 Å². The zero-order valence-electron chi connectivity index (χ0n) is 31.9. The molecule has 320 valence electrons. The van der Waals surface area contributed by atoms with Crippen LogP contribution >= 0.6 is 23.2 Å². The highest BCUT2D eigenvalue weighted by atomic mass is 35.5. The van der Waals surface area contributed by atoms with E-state index in [1.165, 1.54) is 42.1 Å². The summed E-state index contributed by atoms with van der Waals surface area (Å²) >= 11 is 11.5. The maximum Gasteiger partial charge on any atom is 0.416 e. The van der Waals surface area contributed by atoms with Gasteiger partial charge in [0.2, 0.25) is 5.91 Å². The number of rotatable bonds is 4. The molecule has 0 saturated heterocycles. The number of amides is 1. The second-order valence-electron chi connectivity index (χ2n) is 13.5. The first-order valence-electron chi connectivity index (χ1n) is 18.3. The Balaban J connectivity index is 0.000000189. The molecule has 2 aliphatic heterocycles. The maximum atomic E-state index is 13.2. The normalized spacial score (nSPS) is 13.1. The summed E-state index contributed by atoms with van der Waals surface area (Å²) in [5.74, 6) is -0.857. The molecule has 4 aromatic carbocycles. The molecule has 0 unspecified atom stereocenters. The van der Waals surface area contributed by atoms with E-state index in [1.54, 1.807) is 47.0 Å². The molecule has 0 atom stereocenters. The molecule has 0 bridgehead atoms. The summed E-state index contributed by atoms with van der Waals surface area (Å²) in [6.07, 6.45) is -1.76. The van der Waals surface area contributed by atoms with Gasteiger partial charge >= 0.3 is 18.5 Å². The molecule has 0 saturated carbocycles. The average Bonchev–Trinajstić information content (AvgIpc) is 3.86. The van der Waals surface area contributed by atoms with Gasteiger partial charge in [0.15, 0.2) is 0 Å². The van der Waals surface area contributed by atoms with Gasteiger partial charge in [-0.15, -0.1) is 0 Å². The van der Waals surface area contributed by atoms with Gasteiger partial charge in [-0.3, -0.25) is 4.79 Å². The Morgan fingerprint density at radius 1 is 0.721 bits per heavy atom. The van der Waals surface area contributed by atoms with Crippen LogP contribution in [0.4, 0.5) is 46.5 Å². The highest BCUT2D eigenvalue weighted by Gasteiger charge is 2.32. The van der Waals surface area contributed by atoms with Crippen molar-refractivity contribution in [2.75, 3.05) is 23.3 Å². The molecule has 19 heteroatoms. The lowest BCUT2D eigenvalue weighted by molar-refractivity contribution is -0.191. The number of nitrogens with one attached hydrogen (secondary N) is 1. The van der Waals surface area contributed by atoms with Crippen molar-refractivity contribution in [3.05, 3.63) is 153 Å². The van der Waals surface area contributed by atoms with Crippen molar-refractivity contribution in [1.82, 2.24) is 19.6 Å². The van der Waals surface area contributed by atoms with Crippen LogP contribution in [-0.2, 0) is 46.0 Å². The minimum atomic E-state index is -4.50. The van der Waals surface area contributed by atoms with Gasteiger partial charge < -0.3 is 10.2 Å². The van der Waals surface area contributed by atoms with Gasteiger partial charge in [0.1, 0.15) is 11.6 Å². The van der Waals surface area contributed by atoms with Crippen molar-refractivity contribution in [3.63, 3.8) is 0 Å². The van der Waals surface area contributed by atoms with Gasteiger partial charge in [0.25, 0.3) is 0 Å². The number of alkyl halides is 6. The van der Waals surface area contributed by atoms with E-state index in [1.807, 2.05) is 10.9 Å². The number of hydrogen-bond acceptors (Lipinski definition) is 6. The van der Waals surface area contributed by atoms with E-state index in [4.69, 9.17) is 32.8 Å². The maximum absolute atomic E-state index is 13.2. The highest BCUT2D eigenvalue weighted by Crippen LogP contribution is 2.34. The molecule has 2 aliphatic rings. The number of halogens is 10. The minimum Gasteiger partial charge on any atom is -0.382 e. The monoisotopic (exact) mass is 892 g/mol. The second kappa shape index (κ2) is 20.0. The van der Waals surface area contributed by atoms with E-state index in [0.717, 1.165) is 60.7 Å². The van der Waals surface area contributed by atoms with Crippen LogP contribution in [0.5, 0.6) is 0 Å². The molecule has 0 spiro atoms. The average molecular weight is 894 g/mol. The minimum absolute atomic E-state index is 0.0996. The van der Waals surface area contributed by atoms with E-state index < -0.39 is 23.5 Å². The fourth-order valence-corrected chi connectivity index (χ4v) is 6.78. The Morgan fingerprint density at radius 2 is 1.23 bits per heavy atom. The van der Waals surface area contributed by atoms with Gasteiger partial charge in [-0.2, -0.15) is 46.1 Å². The molecule has 0 radical (unpaired) electrons. The Bertz CT molecular complexity index is 2480. The third-order valence-electron chi connectivity index (χ3n) is 9.37. The lowest BCUT2D eigenvalue weighted by Gasteiger charge is -2.27. The molecule has 1 N–H and O–H groups in total. The number of hydrogen-bond donors (Lipinski definition) is 1. The Hall–Kier alpha value is -6.03. The zero-order chi connectivity index (χ0) is 44.5. The van der Waals surface area contributed by atoms with E-state index >= 15 is 0 Å². The van der Waals surface area contributed by atoms with Crippen LogP contribution in [0.15, 0.2) is 97.3 Å². The van der Waals surface area contributed by atoms with Crippen molar-refractivity contribution >= 4 is 46.6 Å².